The van der Waals surface area contributed by atoms with Crippen molar-refractivity contribution in [2.24, 2.45) is 11.8 Å². The fourth-order valence-corrected chi connectivity index (χ4v) is 3.98. The third-order valence-electron chi connectivity index (χ3n) is 5.63. The topological polar surface area (TPSA) is 44.4 Å². The van der Waals surface area contributed by atoms with E-state index in [9.17, 15) is 4.79 Å². The van der Waals surface area contributed by atoms with Crippen LogP contribution in [0.25, 0.3) is 0 Å². The fraction of sp³-hybridized carbons (Fsp3) is 0.650. The molecule has 2 saturated carbocycles. The summed E-state index contributed by atoms with van der Waals surface area (Å²) in [5, 5.41) is 6.68. The lowest BCUT2D eigenvalue weighted by molar-refractivity contribution is -0.120. The van der Waals surface area contributed by atoms with E-state index in [1.807, 2.05) is 6.07 Å². The zero-order chi connectivity index (χ0) is 16.4. The average Bonchev–Trinajstić information content (AvgIpc) is 3.52. The summed E-state index contributed by atoms with van der Waals surface area (Å²) < 4.78 is 0. The minimum Gasteiger partial charge on any atom is -0.374 e. The molecule has 0 bridgehead atoms. The highest BCUT2D eigenvalue weighted by molar-refractivity contribution is 5.83. The number of carbonyl (C=O) groups excluding carboxylic acids is 1. The molecule has 4 rings (SSSR count). The molecule has 3 aliphatic rings. The Balaban J connectivity index is 1.34. The Labute approximate surface area is 145 Å². The van der Waals surface area contributed by atoms with Crippen molar-refractivity contribution in [1.29, 1.82) is 0 Å². The average molecular weight is 327 g/mol. The van der Waals surface area contributed by atoms with Gasteiger partial charge in [0.15, 0.2) is 0 Å². The zero-order valence-corrected chi connectivity index (χ0v) is 14.5. The summed E-state index contributed by atoms with van der Waals surface area (Å²) in [6.07, 6.45) is 9.05. The lowest BCUT2D eigenvalue weighted by Gasteiger charge is -2.30. The molecular formula is C20H29N3O. The van der Waals surface area contributed by atoms with Crippen LogP contribution in [0.3, 0.4) is 0 Å². The van der Waals surface area contributed by atoms with Gasteiger partial charge in [0.05, 0.1) is 17.9 Å². The summed E-state index contributed by atoms with van der Waals surface area (Å²) in [6.45, 7) is 2.62. The number of para-hydroxylation sites is 2. The van der Waals surface area contributed by atoms with Crippen LogP contribution in [0, 0.1) is 11.8 Å². The molecule has 4 nitrogen and oxygen atoms in total. The Bertz CT molecular complexity index is 562. The van der Waals surface area contributed by atoms with Crippen molar-refractivity contribution in [3.05, 3.63) is 24.3 Å². The molecule has 0 radical (unpaired) electrons. The maximum Gasteiger partial charge on any atom is 0.239 e. The van der Waals surface area contributed by atoms with Gasteiger partial charge in [-0.3, -0.25) is 4.79 Å². The number of benzene rings is 1. The summed E-state index contributed by atoms with van der Waals surface area (Å²) in [6, 6.07) is 8.84. The van der Waals surface area contributed by atoms with E-state index < -0.39 is 0 Å². The molecule has 130 valence electrons. The lowest BCUT2D eigenvalue weighted by atomic mass is 10.1. The highest BCUT2D eigenvalue weighted by atomic mass is 16.2. The molecule has 1 heterocycles. The number of rotatable bonds is 7. The standard InChI is InChI=1S/C20H29N3O/c24-19(22-20(15-8-9-15)16-10-11-16)14-21-17-6-2-3-7-18(17)23-12-4-1-5-13-23/h2-3,6-7,15-16,20-21H,1,4-5,8-14H2,(H,22,24). The van der Waals surface area contributed by atoms with E-state index >= 15 is 0 Å². The summed E-state index contributed by atoms with van der Waals surface area (Å²) >= 11 is 0. The van der Waals surface area contributed by atoms with Crippen LogP contribution in [0.4, 0.5) is 11.4 Å². The van der Waals surface area contributed by atoms with Crippen molar-refractivity contribution in [2.45, 2.75) is 51.0 Å². The van der Waals surface area contributed by atoms with Gasteiger partial charge in [-0.15, -0.1) is 0 Å². The molecular weight excluding hydrogens is 298 g/mol. The van der Waals surface area contributed by atoms with Crippen LogP contribution in [0.2, 0.25) is 0 Å². The molecule has 3 fully saturated rings. The summed E-state index contributed by atoms with van der Waals surface area (Å²) in [5.74, 6) is 1.65. The third kappa shape index (κ3) is 3.85. The van der Waals surface area contributed by atoms with Crippen molar-refractivity contribution >= 4 is 17.3 Å². The first-order valence-electron chi connectivity index (χ1n) is 9.68. The second-order valence-corrected chi connectivity index (χ2v) is 7.69. The highest BCUT2D eigenvalue weighted by Gasteiger charge is 2.42. The van der Waals surface area contributed by atoms with Gasteiger partial charge in [0.25, 0.3) is 0 Å². The van der Waals surface area contributed by atoms with Crippen LogP contribution < -0.4 is 15.5 Å². The zero-order valence-electron chi connectivity index (χ0n) is 14.5. The molecule has 1 saturated heterocycles. The van der Waals surface area contributed by atoms with Crippen molar-refractivity contribution in [3.63, 3.8) is 0 Å². The van der Waals surface area contributed by atoms with Gasteiger partial charge in [-0.25, -0.2) is 0 Å². The summed E-state index contributed by atoms with van der Waals surface area (Å²) in [4.78, 5) is 14.8. The number of nitrogens with one attached hydrogen (secondary N) is 2. The largest absolute Gasteiger partial charge is 0.374 e. The number of hydrogen-bond donors (Lipinski definition) is 2. The molecule has 1 aliphatic heterocycles. The van der Waals surface area contributed by atoms with Crippen molar-refractivity contribution < 1.29 is 4.79 Å². The van der Waals surface area contributed by atoms with Crippen LogP contribution in [0.15, 0.2) is 24.3 Å². The van der Waals surface area contributed by atoms with Crippen molar-refractivity contribution in [2.75, 3.05) is 29.9 Å². The minimum absolute atomic E-state index is 0.146. The number of anilines is 2. The van der Waals surface area contributed by atoms with Gasteiger partial charge in [-0.05, 0) is 68.9 Å². The normalized spacial score (nSPS) is 21.0. The van der Waals surface area contributed by atoms with Gasteiger partial charge >= 0.3 is 0 Å². The molecule has 0 atom stereocenters. The molecule has 24 heavy (non-hydrogen) atoms. The van der Waals surface area contributed by atoms with Gasteiger partial charge in [0.2, 0.25) is 5.91 Å². The molecule has 0 spiro atoms. The maximum absolute atomic E-state index is 12.4. The number of piperidine rings is 1. The van der Waals surface area contributed by atoms with Crippen molar-refractivity contribution in [3.8, 4) is 0 Å². The molecule has 2 N–H and O–H groups in total. The Morgan fingerprint density at radius 1 is 1.04 bits per heavy atom. The third-order valence-corrected chi connectivity index (χ3v) is 5.63. The molecule has 2 aliphatic carbocycles. The van der Waals surface area contributed by atoms with Gasteiger partial charge in [-0.2, -0.15) is 0 Å². The number of amides is 1. The van der Waals surface area contributed by atoms with Gasteiger partial charge < -0.3 is 15.5 Å². The number of nitrogens with zero attached hydrogens (tertiary/aromatic N) is 1. The quantitative estimate of drug-likeness (QED) is 0.807. The predicted molar refractivity (Wildman–Crippen MR) is 98.4 cm³/mol. The van der Waals surface area contributed by atoms with Crippen LogP contribution in [0.5, 0.6) is 0 Å². The van der Waals surface area contributed by atoms with E-state index in [0.717, 1.165) is 30.6 Å². The van der Waals surface area contributed by atoms with E-state index in [1.165, 1.54) is 50.6 Å². The van der Waals surface area contributed by atoms with Gasteiger partial charge in [0, 0.05) is 19.1 Å². The smallest absolute Gasteiger partial charge is 0.239 e. The Morgan fingerprint density at radius 2 is 1.71 bits per heavy atom. The van der Waals surface area contributed by atoms with Gasteiger partial charge in [0.1, 0.15) is 0 Å². The molecule has 0 unspecified atom stereocenters. The molecule has 1 amide bonds. The maximum atomic E-state index is 12.4. The van der Waals surface area contributed by atoms with Crippen LogP contribution >= 0.6 is 0 Å². The molecule has 1 aromatic carbocycles. The van der Waals surface area contributed by atoms with Crippen LogP contribution in [-0.4, -0.2) is 31.6 Å². The second-order valence-electron chi connectivity index (χ2n) is 7.69. The monoisotopic (exact) mass is 327 g/mol. The van der Waals surface area contributed by atoms with E-state index in [-0.39, 0.29) is 5.91 Å². The first-order chi connectivity index (χ1) is 11.8. The minimum atomic E-state index is 0.146. The SMILES string of the molecule is O=C(CNc1ccccc1N1CCCCC1)NC(C1CC1)C1CC1. The van der Waals surface area contributed by atoms with Crippen LogP contribution in [-0.2, 0) is 4.79 Å². The van der Waals surface area contributed by atoms with Crippen LogP contribution in [0.1, 0.15) is 44.9 Å². The van der Waals surface area contributed by atoms with Crippen molar-refractivity contribution in [1.82, 2.24) is 5.32 Å². The summed E-state index contributed by atoms with van der Waals surface area (Å²) in [7, 11) is 0. The molecule has 4 heteroatoms. The fourth-order valence-electron chi connectivity index (χ4n) is 3.98. The molecule has 1 aromatic rings. The van der Waals surface area contributed by atoms with E-state index in [4.69, 9.17) is 0 Å². The Morgan fingerprint density at radius 3 is 2.38 bits per heavy atom. The Kier molecular flexibility index (Phi) is 4.63. The number of carbonyl (C=O) groups is 1. The molecule has 0 aromatic heterocycles. The van der Waals surface area contributed by atoms with E-state index in [1.54, 1.807) is 0 Å². The van der Waals surface area contributed by atoms with E-state index in [0.29, 0.717) is 12.6 Å². The van der Waals surface area contributed by atoms with E-state index in [2.05, 4.69) is 33.7 Å². The Hall–Kier alpha value is -1.71. The lowest BCUT2D eigenvalue weighted by Crippen LogP contribution is -2.41. The second kappa shape index (κ2) is 7.04. The first-order valence-corrected chi connectivity index (χ1v) is 9.68. The first kappa shape index (κ1) is 15.8. The number of hydrogen-bond acceptors (Lipinski definition) is 3. The van der Waals surface area contributed by atoms with Gasteiger partial charge in [-0.1, -0.05) is 12.1 Å². The predicted octanol–water partition coefficient (Wildman–Crippen LogP) is 3.39. The highest BCUT2D eigenvalue weighted by Crippen LogP contribution is 2.44. The summed E-state index contributed by atoms with van der Waals surface area (Å²) in [5.41, 5.74) is 2.33.